The Morgan fingerprint density at radius 2 is 1.54 bits per heavy atom. The molecular formula is C8H14O4Si. The lowest BCUT2D eigenvalue weighted by Gasteiger charge is -2.15. The number of carbonyl (C=O) groups excluding carboxylic acids is 2. The van der Waals surface area contributed by atoms with Gasteiger partial charge in [0.25, 0.3) is 0 Å². The summed E-state index contributed by atoms with van der Waals surface area (Å²) >= 11 is 0. The van der Waals surface area contributed by atoms with Crippen molar-refractivity contribution in [3.8, 4) is 0 Å². The smallest absolute Gasteiger partial charge is 0.330 e. The lowest BCUT2D eigenvalue weighted by molar-refractivity contribution is -0.136. The molecule has 5 heteroatoms. The molecule has 0 aliphatic rings. The minimum absolute atomic E-state index is 0.496. The maximum absolute atomic E-state index is 11.0. The first-order chi connectivity index (χ1) is 5.85. The molecule has 0 aromatic rings. The summed E-state index contributed by atoms with van der Waals surface area (Å²) in [5.41, 5.74) is 0. The van der Waals surface area contributed by atoms with E-state index in [1.165, 1.54) is 7.11 Å². The van der Waals surface area contributed by atoms with Crippen molar-refractivity contribution in [2.24, 2.45) is 0 Å². The molecule has 0 rings (SSSR count). The van der Waals surface area contributed by atoms with E-state index in [1.807, 2.05) is 19.6 Å². The predicted molar refractivity (Wildman–Crippen MR) is 50.6 cm³/mol. The first-order valence-electron chi connectivity index (χ1n) is 3.84. The van der Waals surface area contributed by atoms with Crippen molar-refractivity contribution < 1.29 is 18.8 Å². The molecule has 0 fully saturated rings. The first-order valence-corrected chi connectivity index (χ1v) is 7.25. The molecule has 0 aliphatic carbocycles. The zero-order chi connectivity index (χ0) is 10.5. The van der Waals surface area contributed by atoms with Gasteiger partial charge in [0, 0.05) is 12.2 Å². The van der Waals surface area contributed by atoms with Crippen LogP contribution in [0.15, 0.2) is 12.2 Å². The van der Waals surface area contributed by atoms with Gasteiger partial charge in [-0.1, -0.05) is 0 Å². The minimum Gasteiger partial charge on any atom is -0.517 e. The van der Waals surface area contributed by atoms with Gasteiger partial charge in [0.2, 0.25) is 8.32 Å². The SMILES string of the molecule is COC(=O)/C=C\C(=O)O[Si](C)(C)C. The number of methoxy groups -OCH3 is 1. The topological polar surface area (TPSA) is 52.6 Å². The van der Waals surface area contributed by atoms with Crippen molar-refractivity contribution in [1.82, 2.24) is 0 Å². The van der Waals surface area contributed by atoms with Crippen molar-refractivity contribution in [3.05, 3.63) is 12.2 Å². The van der Waals surface area contributed by atoms with Gasteiger partial charge < -0.3 is 9.16 Å². The molecule has 0 heterocycles. The minimum atomic E-state index is -1.86. The average Bonchev–Trinajstić information content (AvgIpc) is 1.97. The Labute approximate surface area is 78.7 Å². The average molecular weight is 202 g/mol. The number of hydrogen-bond donors (Lipinski definition) is 0. The largest absolute Gasteiger partial charge is 0.517 e. The van der Waals surface area contributed by atoms with Gasteiger partial charge in [-0.15, -0.1) is 0 Å². The third-order valence-corrected chi connectivity index (χ3v) is 1.78. The van der Waals surface area contributed by atoms with Crippen LogP contribution in [0, 0.1) is 0 Å². The Morgan fingerprint density at radius 1 is 1.08 bits per heavy atom. The molecule has 0 unspecified atom stereocenters. The van der Waals surface area contributed by atoms with Gasteiger partial charge in [0.15, 0.2) is 0 Å². The van der Waals surface area contributed by atoms with Crippen LogP contribution in [0.5, 0.6) is 0 Å². The van der Waals surface area contributed by atoms with Crippen molar-refractivity contribution in [2.45, 2.75) is 19.6 Å². The van der Waals surface area contributed by atoms with Gasteiger partial charge in [-0.25, -0.2) is 9.59 Å². The van der Waals surface area contributed by atoms with Gasteiger partial charge in [-0.05, 0) is 19.6 Å². The quantitative estimate of drug-likeness (QED) is 0.390. The lowest BCUT2D eigenvalue weighted by atomic mass is 10.5. The van der Waals surface area contributed by atoms with Crippen LogP contribution in [0.3, 0.4) is 0 Å². The fourth-order valence-corrected chi connectivity index (χ4v) is 1.21. The van der Waals surface area contributed by atoms with Crippen molar-refractivity contribution in [3.63, 3.8) is 0 Å². The van der Waals surface area contributed by atoms with E-state index in [1.54, 1.807) is 0 Å². The van der Waals surface area contributed by atoms with Crippen molar-refractivity contribution >= 4 is 20.3 Å². The molecule has 0 N–H and O–H groups in total. The Kier molecular flexibility index (Phi) is 4.40. The van der Waals surface area contributed by atoms with Gasteiger partial charge in [0.05, 0.1) is 7.11 Å². The zero-order valence-electron chi connectivity index (χ0n) is 8.29. The van der Waals surface area contributed by atoms with Crippen molar-refractivity contribution in [1.29, 1.82) is 0 Å². The predicted octanol–water partition coefficient (Wildman–Crippen LogP) is 1.09. The van der Waals surface area contributed by atoms with Crippen molar-refractivity contribution in [2.75, 3.05) is 7.11 Å². The van der Waals surface area contributed by atoms with E-state index >= 15 is 0 Å². The van der Waals surface area contributed by atoms with E-state index in [0.717, 1.165) is 12.2 Å². The summed E-state index contributed by atoms with van der Waals surface area (Å²) in [5, 5.41) is 0. The van der Waals surface area contributed by atoms with Crippen LogP contribution >= 0.6 is 0 Å². The molecule has 74 valence electrons. The molecule has 13 heavy (non-hydrogen) atoms. The lowest BCUT2D eigenvalue weighted by Crippen LogP contribution is -2.28. The summed E-state index contributed by atoms with van der Waals surface area (Å²) in [6.07, 6.45) is 2.12. The van der Waals surface area contributed by atoms with Gasteiger partial charge in [-0.2, -0.15) is 0 Å². The summed E-state index contributed by atoms with van der Waals surface area (Å²) in [7, 11) is -0.609. The highest BCUT2D eigenvalue weighted by atomic mass is 28.4. The molecule has 0 saturated carbocycles. The molecule has 0 aliphatic heterocycles. The molecule has 0 bridgehead atoms. The number of rotatable bonds is 3. The van der Waals surface area contributed by atoms with E-state index in [0.29, 0.717) is 0 Å². The normalized spacial score (nSPS) is 11.4. The highest BCUT2D eigenvalue weighted by Crippen LogP contribution is 2.02. The summed E-state index contributed by atoms with van der Waals surface area (Å²) in [6, 6.07) is 0. The fourth-order valence-electron chi connectivity index (χ4n) is 0.540. The maximum atomic E-state index is 11.0. The second-order valence-corrected chi connectivity index (χ2v) is 7.82. The van der Waals surface area contributed by atoms with Gasteiger partial charge >= 0.3 is 11.9 Å². The summed E-state index contributed by atoms with van der Waals surface area (Å²) in [6.45, 7) is 5.66. The highest BCUT2D eigenvalue weighted by Gasteiger charge is 2.18. The van der Waals surface area contributed by atoms with Crippen LogP contribution in [0.1, 0.15) is 0 Å². The van der Waals surface area contributed by atoms with Gasteiger partial charge in [0.1, 0.15) is 0 Å². The standard InChI is InChI=1S/C8H14O4Si/c1-11-7(9)5-6-8(10)12-13(2,3)4/h5-6H,1-4H3/b6-5-. The van der Waals surface area contributed by atoms with E-state index in [-0.39, 0.29) is 0 Å². The zero-order valence-corrected chi connectivity index (χ0v) is 9.29. The number of carbonyl (C=O) groups is 2. The molecule has 0 aromatic carbocycles. The molecule has 0 radical (unpaired) electrons. The summed E-state index contributed by atoms with van der Waals surface area (Å²) in [5.74, 6) is -1.06. The van der Waals surface area contributed by atoms with E-state index in [4.69, 9.17) is 4.43 Å². The molecule has 4 nitrogen and oxygen atoms in total. The molecule has 0 saturated heterocycles. The number of ether oxygens (including phenoxy) is 1. The fraction of sp³-hybridized carbons (Fsp3) is 0.500. The monoisotopic (exact) mass is 202 g/mol. The Balaban J connectivity index is 4.02. The Morgan fingerprint density at radius 3 is 1.92 bits per heavy atom. The maximum Gasteiger partial charge on any atom is 0.330 e. The molecule has 0 spiro atoms. The van der Waals surface area contributed by atoms with Crippen LogP contribution in [-0.2, 0) is 18.8 Å². The number of hydrogen-bond acceptors (Lipinski definition) is 4. The second-order valence-electron chi connectivity index (χ2n) is 3.39. The first kappa shape index (κ1) is 11.9. The molecular weight excluding hydrogens is 188 g/mol. The van der Waals surface area contributed by atoms with E-state index in [9.17, 15) is 9.59 Å². The highest BCUT2D eigenvalue weighted by molar-refractivity contribution is 6.71. The number of esters is 1. The Hall–Kier alpha value is -1.10. The third kappa shape index (κ3) is 7.26. The summed E-state index contributed by atoms with van der Waals surface area (Å²) < 4.78 is 9.35. The third-order valence-electron chi connectivity index (χ3n) is 0.963. The molecule has 0 atom stereocenters. The molecule has 0 aromatic heterocycles. The van der Waals surface area contributed by atoms with Crippen LogP contribution in [0.2, 0.25) is 19.6 Å². The van der Waals surface area contributed by atoms with Crippen LogP contribution in [0.25, 0.3) is 0 Å². The van der Waals surface area contributed by atoms with Crippen LogP contribution in [0.4, 0.5) is 0 Å². The van der Waals surface area contributed by atoms with Gasteiger partial charge in [-0.3, -0.25) is 0 Å². The molecule has 0 amide bonds. The second kappa shape index (κ2) is 4.81. The van der Waals surface area contributed by atoms with Crippen LogP contribution in [-0.4, -0.2) is 27.4 Å². The van der Waals surface area contributed by atoms with E-state index < -0.39 is 20.3 Å². The Bertz CT molecular complexity index is 227. The van der Waals surface area contributed by atoms with E-state index in [2.05, 4.69) is 4.74 Å². The van der Waals surface area contributed by atoms with Crippen LogP contribution < -0.4 is 0 Å². The summed E-state index contributed by atoms with van der Waals surface area (Å²) in [4.78, 5) is 21.6.